The third-order valence-electron chi connectivity index (χ3n) is 4.59. The molecule has 0 saturated heterocycles. The highest BCUT2D eigenvalue weighted by Gasteiger charge is 2.07. The first-order valence-electron chi connectivity index (χ1n) is 10.8. The van der Waals surface area contributed by atoms with E-state index in [9.17, 15) is 9.59 Å². The highest BCUT2D eigenvalue weighted by molar-refractivity contribution is 5.73. The lowest BCUT2D eigenvalue weighted by atomic mass is 10.1. The van der Waals surface area contributed by atoms with E-state index in [1.165, 1.54) is 51.4 Å². The summed E-state index contributed by atoms with van der Waals surface area (Å²) in [6, 6.07) is 7.20. The number of benzene rings is 1. The molecule has 0 unspecified atom stereocenters. The molecule has 0 aromatic heterocycles. The number of rotatable bonds is 15. The van der Waals surface area contributed by atoms with Crippen LogP contribution in [-0.2, 0) is 9.53 Å². The van der Waals surface area contributed by atoms with Gasteiger partial charge in [-0.25, -0.2) is 4.79 Å². The molecule has 0 bridgehead atoms. The summed E-state index contributed by atoms with van der Waals surface area (Å²) in [5, 5.41) is 2.56. The van der Waals surface area contributed by atoms with Crippen LogP contribution >= 0.6 is 0 Å². The smallest absolute Gasteiger partial charge is 0.412 e. The Labute approximate surface area is 170 Å². The lowest BCUT2D eigenvalue weighted by molar-refractivity contribution is -0.143. The summed E-state index contributed by atoms with van der Waals surface area (Å²) in [7, 11) is 0. The van der Waals surface area contributed by atoms with E-state index in [4.69, 9.17) is 9.47 Å². The molecule has 0 atom stereocenters. The van der Waals surface area contributed by atoms with E-state index in [1.54, 1.807) is 12.1 Å². The maximum Gasteiger partial charge on any atom is 0.412 e. The fourth-order valence-electron chi connectivity index (χ4n) is 2.86. The van der Waals surface area contributed by atoms with Gasteiger partial charge in [-0.15, -0.1) is 0 Å². The number of carbonyl (C=O) groups is 2. The number of carbonyl (C=O) groups excluding carboxylic acids is 2. The van der Waals surface area contributed by atoms with Crippen LogP contribution in [0.2, 0.25) is 0 Å². The van der Waals surface area contributed by atoms with Crippen molar-refractivity contribution in [3.05, 3.63) is 29.8 Å². The fourth-order valence-corrected chi connectivity index (χ4v) is 2.86. The van der Waals surface area contributed by atoms with Crippen molar-refractivity contribution in [1.82, 2.24) is 5.32 Å². The molecule has 1 rings (SSSR count). The molecule has 0 aliphatic carbocycles. The second-order valence-electron chi connectivity index (χ2n) is 7.28. The Kier molecular flexibility index (Phi) is 13.7. The van der Waals surface area contributed by atoms with Gasteiger partial charge in [0.2, 0.25) is 0 Å². The van der Waals surface area contributed by atoms with Crippen molar-refractivity contribution in [3.8, 4) is 5.75 Å². The molecule has 28 heavy (non-hydrogen) atoms. The first-order valence-corrected chi connectivity index (χ1v) is 10.8. The van der Waals surface area contributed by atoms with Gasteiger partial charge in [0.15, 0.2) is 0 Å². The van der Waals surface area contributed by atoms with Gasteiger partial charge >= 0.3 is 12.1 Å². The Morgan fingerprint density at radius 3 is 2.04 bits per heavy atom. The molecule has 0 aliphatic heterocycles. The van der Waals surface area contributed by atoms with Crippen LogP contribution in [-0.4, -0.2) is 25.2 Å². The lowest BCUT2D eigenvalue weighted by Gasteiger charge is -2.07. The Morgan fingerprint density at radius 2 is 1.43 bits per heavy atom. The lowest BCUT2D eigenvalue weighted by Crippen LogP contribution is -2.29. The van der Waals surface area contributed by atoms with Crippen LogP contribution in [0.25, 0.3) is 0 Å². The number of nitrogens with one attached hydrogen (secondary N) is 1. The monoisotopic (exact) mass is 391 g/mol. The summed E-state index contributed by atoms with van der Waals surface area (Å²) < 4.78 is 10.3. The van der Waals surface area contributed by atoms with Gasteiger partial charge in [0.25, 0.3) is 0 Å². The van der Waals surface area contributed by atoms with Crippen molar-refractivity contribution in [2.75, 3.05) is 13.2 Å². The summed E-state index contributed by atoms with van der Waals surface area (Å²) in [6.07, 6.45) is 12.1. The Morgan fingerprint density at radius 1 is 0.857 bits per heavy atom. The van der Waals surface area contributed by atoms with Gasteiger partial charge in [-0.3, -0.25) is 4.79 Å². The summed E-state index contributed by atoms with van der Waals surface area (Å²) in [5.74, 6) is 0.193. The average molecular weight is 392 g/mol. The maximum atomic E-state index is 11.7. The van der Waals surface area contributed by atoms with Gasteiger partial charge in [-0.05, 0) is 25.5 Å². The van der Waals surface area contributed by atoms with E-state index in [0.717, 1.165) is 18.4 Å². The molecule has 0 fully saturated rings. The standard InChI is InChI=1S/C23H37NO4/c1-3-4-5-6-7-8-9-10-11-12-19-27-22(25)17-18-24-23(26)28-21-15-13-20(2)14-16-21/h13-16H,3-12,17-19H2,1-2H3,(H,24,26). The van der Waals surface area contributed by atoms with E-state index in [-0.39, 0.29) is 18.9 Å². The van der Waals surface area contributed by atoms with E-state index in [1.807, 2.05) is 19.1 Å². The van der Waals surface area contributed by atoms with Crippen molar-refractivity contribution >= 4 is 12.1 Å². The van der Waals surface area contributed by atoms with Gasteiger partial charge in [-0.1, -0.05) is 82.4 Å². The van der Waals surface area contributed by atoms with Crippen LogP contribution in [0.1, 0.15) is 83.1 Å². The van der Waals surface area contributed by atoms with Gasteiger partial charge < -0.3 is 14.8 Å². The zero-order valence-electron chi connectivity index (χ0n) is 17.6. The number of esters is 1. The number of unbranched alkanes of at least 4 members (excludes halogenated alkanes) is 9. The van der Waals surface area contributed by atoms with Crippen LogP contribution in [0.3, 0.4) is 0 Å². The molecular weight excluding hydrogens is 354 g/mol. The summed E-state index contributed by atoms with van der Waals surface area (Å²) in [6.45, 7) is 4.87. The second kappa shape index (κ2) is 16.0. The normalized spacial score (nSPS) is 10.5. The molecule has 0 spiro atoms. The van der Waals surface area contributed by atoms with Gasteiger partial charge in [0.05, 0.1) is 13.0 Å². The third-order valence-corrected chi connectivity index (χ3v) is 4.59. The average Bonchev–Trinajstić information content (AvgIpc) is 2.68. The number of aryl methyl sites for hydroxylation is 1. The largest absolute Gasteiger partial charge is 0.466 e. The number of hydrogen-bond acceptors (Lipinski definition) is 4. The quantitative estimate of drug-likeness (QED) is 0.297. The van der Waals surface area contributed by atoms with Crippen LogP contribution in [0.4, 0.5) is 4.79 Å². The minimum atomic E-state index is -0.564. The maximum absolute atomic E-state index is 11.7. The molecule has 5 heteroatoms. The van der Waals surface area contributed by atoms with E-state index >= 15 is 0 Å². The Hall–Kier alpha value is -2.04. The summed E-state index contributed by atoms with van der Waals surface area (Å²) in [4.78, 5) is 23.3. The molecule has 0 heterocycles. The zero-order chi connectivity index (χ0) is 20.5. The van der Waals surface area contributed by atoms with E-state index < -0.39 is 6.09 Å². The SMILES string of the molecule is CCCCCCCCCCCCOC(=O)CCNC(=O)Oc1ccc(C)cc1. The van der Waals surface area contributed by atoms with Crippen LogP contribution in [0.15, 0.2) is 24.3 Å². The number of ether oxygens (including phenoxy) is 2. The molecule has 0 aliphatic rings. The van der Waals surface area contributed by atoms with Gasteiger partial charge in [0, 0.05) is 6.54 Å². The topological polar surface area (TPSA) is 64.6 Å². The molecule has 0 radical (unpaired) electrons. The summed E-state index contributed by atoms with van der Waals surface area (Å²) >= 11 is 0. The highest BCUT2D eigenvalue weighted by Crippen LogP contribution is 2.12. The fraction of sp³-hybridized carbons (Fsp3) is 0.652. The zero-order valence-corrected chi connectivity index (χ0v) is 17.6. The Balaban J connectivity index is 1.91. The third kappa shape index (κ3) is 13.2. The van der Waals surface area contributed by atoms with Crippen molar-refractivity contribution in [2.45, 2.75) is 84.5 Å². The molecule has 0 saturated carbocycles. The molecule has 5 nitrogen and oxygen atoms in total. The van der Waals surface area contributed by atoms with Crippen molar-refractivity contribution in [2.24, 2.45) is 0 Å². The first-order chi connectivity index (χ1) is 13.6. The van der Waals surface area contributed by atoms with Crippen molar-refractivity contribution < 1.29 is 19.1 Å². The molecule has 1 aromatic carbocycles. The Bertz CT molecular complexity index is 542. The van der Waals surface area contributed by atoms with Crippen molar-refractivity contribution in [3.63, 3.8) is 0 Å². The molecule has 158 valence electrons. The molecule has 1 aromatic rings. The molecule has 1 N–H and O–H groups in total. The number of amides is 1. The minimum absolute atomic E-state index is 0.154. The number of hydrogen-bond donors (Lipinski definition) is 1. The van der Waals surface area contributed by atoms with Gasteiger partial charge in [-0.2, -0.15) is 0 Å². The van der Waals surface area contributed by atoms with E-state index in [0.29, 0.717) is 12.4 Å². The molecule has 1 amide bonds. The first kappa shape index (κ1) is 24.0. The van der Waals surface area contributed by atoms with E-state index in [2.05, 4.69) is 12.2 Å². The minimum Gasteiger partial charge on any atom is -0.466 e. The predicted molar refractivity (Wildman–Crippen MR) is 113 cm³/mol. The van der Waals surface area contributed by atoms with Crippen LogP contribution in [0.5, 0.6) is 5.75 Å². The van der Waals surface area contributed by atoms with Crippen LogP contribution in [0, 0.1) is 6.92 Å². The predicted octanol–water partition coefficient (Wildman–Crippen LogP) is 5.94. The highest BCUT2D eigenvalue weighted by atomic mass is 16.6. The van der Waals surface area contributed by atoms with Crippen molar-refractivity contribution in [1.29, 1.82) is 0 Å². The molecular formula is C23H37NO4. The second-order valence-corrected chi connectivity index (χ2v) is 7.28. The van der Waals surface area contributed by atoms with Gasteiger partial charge in [0.1, 0.15) is 5.75 Å². The van der Waals surface area contributed by atoms with Crippen LogP contribution < -0.4 is 10.1 Å². The summed E-state index contributed by atoms with van der Waals surface area (Å²) in [5.41, 5.74) is 1.10.